The van der Waals surface area contributed by atoms with Gasteiger partial charge in [0.25, 0.3) is 11.1 Å². The van der Waals surface area contributed by atoms with Gasteiger partial charge in [-0.15, -0.1) is 0 Å². The number of hydrogen-bond donors (Lipinski definition) is 2. The van der Waals surface area contributed by atoms with Crippen molar-refractivity contribution in [1.82, 2.24) is 20.6 Å². The van der Waals surface area contributed by atoms with Gasteiger partial charge in [-0.1, -0.05) is 18.2 Å². The van der Waals surface area contributed by atoms with Crippen LogP contribution in [0.3, 0.4) is 0 Å². The number of methoxy groups -OCH3 is 2. The number of carbonyl (C=O) groups is 2. The molecule has 0 saturated carbocycles. The van der Waals surface area contributed by atoms with Crippen molar-refractivity contribution >= 4 is 34.9 Å². The minimum Gasteiger partial charge on any atom is -0.497 e. The fourth-order valence-corrected chi connectivity index (χ4v) is 5.46. The zero-order valence-corrected chi connectivity index (χ0v) is 22.8. The highest BCUT2D eigenvalue weighted by molar-refractivity contribution is 8.18. The van der Waals surface area contributed by atoms with Gasteiger partial charge in [0.05, 0.1) is 24.8 Å². The summed E-state index contributed by atoms with van der Waals surface area (Å²) in [4.78, 5) is 34.8. The van der Waals surface area contributed by atoms with Gasteiger partial charge in [0.2, 0.25) is 5.95 Å². The van der Waals surface area contributed by atoms with Crippen LogP contribution in [0.1, 0.15) is 24.1 Å². The molecule has 0 radical (unpaired) electrons. The smallest absolute Gasteiger partial charge is 0.290 e. The Morgan fingerprint density at radius 2 is 1.95 bits per heavy atom. The minimum atomic E-state index is -0.384. The van der Waals surface area contributed by atoms with Gasteiger partial charge in [0.15, 0.2) is 0 Å². The van der Waals surface area contributed by atoms with E-state index in [9.17, 15) is 9.59 Å². The van der Waals surface area contributed by atoms with Crippen LogP contribution in [0.5, 0.6) is 11.5 Å². The Balaban J connectivity index is 1.13. The molecule has 2 aliphatic heterocycles. The van der Waals surface area contributed by atoms with E-state index >= 15 is 0 Å². The Bertz CT molecular complexity index is 1390. The summed E-state index contributed by atoms with van der Waals surface area (Å²) in [6.07, 6.45) is 5.40. The highest BCUT2D eigenvalue weighted by atomic mass is 32.2. The number of imide groups is 1. The van der Waals surface area contributed by atoms with Gasteiger partial charge < -0.3 is 19.7 Å². The van der Waals surface area contributed by atoms with Gasteiger partial charge in [-0.25, -0.2) is 9.97 Å². The zero-order chi connectivity index (χ0) is 27.2. The molecule has 9 nitrogen and oxygen atoms in total. The molecule has 2 amide bonds. The van der Waals surface area contributed by atoms with Crippen LogP contribution in [-0.2, 0) is 11.3 Å². The normalized spacial score (nSPS) is 17.0. The van der Waals surface area contributed by atoms with Crippen LogP contribution in [0, 0.1) is 5.92 Å². The molecule has 2 aliphatic rings. The maximum absolute atomic E-state index is 11.8. The van der Waals surface area contributed by atoms with E-state index in [1.807, 2.05) is 18.2 Å². The Hall–Kier alpha value is -3.89. The number of ether oxygens (including phenoxy) is 2. The SMILES string of the molecule is COc1ccc(-c2cccc(CNCC3CCN(c4nccc(/C=C5\SC(=O)NC5=O)n4)CC3)c2)c(OC)c1. The predicted molar refractivity (Wildman–Crippen MR) is 153 cm³/mol. The standard InChI is InChI=1S/C29H31N5O4S/c1-37-23-6-7-24(25(16-23)38-2)21-5-3-4-20(14-21)18-30-17-19-9-12-34(13-10-19)28-31-11-8-22(32-28)15-26-27(35)33-29(36)39-26/h3-8,11,14-16,19,30H,9-10,12-13,17-18H2,1-2H3,(H,33,35,36)/b26-15-. The van der Waals surface area contributed by atoms with Crippen LogP contribution in [-0.4, -0.2) is 55.0 Å². The number of carbonyl (C=O) groups excluding carboxylic acids is 2. The number of piperidine rings is 1. The lowest BCUT2D eigenvalue weighted by Crippen LogP contribution is -2.38. The number of aromatic nitrogens is 2. The number of nitrogens with one attached hydrogen (secondary N) is 2. The van der Waals surface area contributed by atoms with Crippen LogP contribution in [0.4, 0.5) is 10.7 Å². The molecule has 39 heavy (non-hydrogen) atoms. The summed E-state index contributed by atoms with van der Waals surface area (Å²) in [5.41, 5.74) is 3.98. The first-order valence-corrected chi connectivity index (χ1v) is 13.7. The van der Waals surface area contributed by atoms with Crippen molar-refractivity contribution in [3.05, 3.63) is 70.9 Å². The second-order valence-electron chi connectivity index (χ2n) is 9.46. The molecule has 3 heterocycles. The van der Waals surface area contributed by atoms with Crippen LogP contribution in [0.25, 0.3) is 17.2 Å². The third kappa shape index (κ3) is 6.58. The summed E-state index contributed by atoms with van der Waals surface area (Å²) in [6.45, 7) is 3.47. The number of hydrogen-bond acceptors (Lipinski definition) is 9. The molecule has 0 aliphatic carbocycles. The molecule has 0 atom stereocenters. The second-order valence-corrected chi connectivity index (χ2v) is 10.5. The van der Waals surface area contributed by atoms with Gasteiger partial charge in [-0.05, 0) is 78.5 Å². The lowest BCUT2D eigenvalue weighted by molar-refractivity contribution is -0.115. The number of amides is 2. The minimum absolute atomic E-state index is 0.350. The van der Waals surface area contributed by atoms with Gasteiger partial charge in [-0.2, -0.15) is 0 Å². The monoisotopic (exact) mass is 545 g/mol. The molecule has 0 unspecified atom stereocenters. The van der Waals surface area contributed by atoms with Crippen molar-refractivity contribution in [2.24, 2.45) is 5.92 Å². The molecule has 10 heteroatoms. The molecule has 0 bridgehead atoms. The number of thioether (sulfide) groups is 1. The first kappa shape index (κ1) is 26.7. The van der Waals surface area contributed by atoms with E-state index in [0.717, 1.165) is 73.4 Å². The number of rotatable bonds is 9. The number of benzene rings is 2. The second kappa shape index (κ2) is 12.3. The quantitative estimate of drug-likeness (QED) is 0.376. The lowest BCUT2D eigenvalue weighted by atomic mass is 9.96. The summed E-state index contributed by atoms with van der Waals surface area (Å²) in [6, 6.07) is 16.1. The topological polar surface area (TPSA) is 106 Å². The third-order valence-electron chi connectivity index (χ3n) is 6.89. The van der Waals surface area contributed by atoms with Gasteiger partial charge >= 0.3 is 0 Å². The largest absolute Gasteiger partial charge is 0.497 e. The average Bonchev–Trinajstić information content (AvgIpc) is 3.29. The number of nitrogens with zero attached hydrogens (tertiary/aromatic N) is 3. The fraction of sp³-hybridized carbons (Fsp3) is 0.310. The number of anilines is 1. The van der Waals surface area contributed by atoms with E-state index in [2.05, 4.69) is 49.8 Å². The van der Waals surface area contributed by atoms with E-state index in [4.69, 9.17) is 9.47 Å². The van der Waals surface area contributed by atoms with E-state index in [1.54, 1.807) is 32.6 Å². The molecule has 202 valence electrons. The van der Waals surface area contributed by atoms with Gasteiger partial charge in [0, 0.05) is 37.5 Å². The fourth-order valence-electron chi connectivity index (χ4n) is 4.79. The Morgan fingerprint density at radius 1 is 1.10 bits per heavy atom. The molecule has 5 rings (SSSR count). The van der Waals surface area contributed by atoms with Crippen molar-refractivity contribution in [2.75, 3.05) is 38.8 Å². The third-order valence-corrected chi connectivity index (χ3v) is 7.70. The maximum Gasteiger partial charge on any atom is 0.290 e. The average molecular weight is 546 g/mol. The van der Waals surface area contributed by atoms with Gasteiger partial charge in [0.1, 0.15) is 11.5 Å². The van der Waals surface area contributed by atoms with Crippen molar-refractivity contribution in [1.29, 1.82) is 0 Å². The molecule has 1 aromatic heterocycles. The van der Waals surface area contributed by atoms with Gasteiger partial charge in [-0.3, -0.25) is 14.9 Å². The summed E-state index contributed by atoms with van der Waals surface area (Å²) < 4.78 is 10.9. The van der Waals surface area contributed by atoms with Crippen LogP contribution in [0.15, 0.2) is 59.6 Å². The zero-order valence-electron chi connectivity index (χ0n) is 22.0. The molecular weight excluding hydrogens is 514 g/mol. The molecule has 2 saturated heterocycles. The van der Waals surface area contributed by atoms with Crippen LogP contribution in [0.2, 0.25) is 0 Å². The first-order valence-electron chi connectivity index (χ1n) is 12.9. The summed E-state index contributed by atoms with van der Waals surface area (Å²) in [7, 11) is 3.33. The van der Waals surface area contributed by atoms with E-state index in [0.29, 0.717) is 22.5 Å². The van der Waals surface area contributed by atoms with Crippen molar-refractivity contribution in [3.63, 3.8) is 0 Å². The molecule has 2 N–H and O–H groups in total. The molecule has 0 spiro atoms. The molecule has 2 aromatic carbocycles. The first-order chi connectivity index (χ1) is 19.0. The Morgan fingerprint density at radius 3 is 2.69 bits per heavy atom. The molecule has 2 fully saturated rings. The Kier molecular flexibility index (Phi) is 8.43. The summed E-state index contributed by atoms with van der Waals surface area (Å²) >= 11 is 0.889. The van der Waals surface area contributed by atoms with Crippen molar-refractivity contribution in [3.8, 4) is 22.6 Å². The highest BCUT2D eigenvalue weighted by Gasteiger charge is 2.26. The van der Waals surface area contributed by atoms with E-state index in [-0.39, 0.29) is 11.1 Å². The predicted octanol–water partition coefficient (Wildman–Crippen LogP) is 4.49. The van der Waals surface area contributed by atoms with Crippen LogP contribution >= 0.6 is 11.8 Å². The maximum atomic E-state index is 11.8. The summed E-state index contributed by atoms with van der Waals surface area (Å²) in [5, 5.41) is 5.54. The van der Waals surface area contributed by atoms with Crippen molar-refractivity contribution in [2.45, 2.75) is 19.4 Å². The Labute approximate surface area is 232 Å². The molecule has 3 aromatic rings. The van der Waals surface area contributed by atoms with E-state index in [1.165, 1.54) is 5.56 Å². The lowest BCUT2D eigenvalue weighted by Gasteiger charge is -2.32. The van der Waals surface area contributed by atoms with Crippen LogP contribution < -0.4 is 25.0 Å². The van der Waals surface area contributed by atoms with E-state index < -0.39 is 0 Å². The van der Waals surface area contributed by atoms with Crippen molar-refractivity contribution < 1.29 is 19.1 Å². The molecular formula is C29H31N5O4S. The highest BCUT2D eigenvalue weighted by Crippen LogP contribution is 2.33. The summed E-state index contributed by atoms with van der Waals surface area (Å²) in [5.74, 6) is 2.39.